The van der Waals surface area contributed by atoms with Crippen LogP contribution in [0.4, 0.5) is 0 Å². The molecule has 0 bridgehead atoms. The second kappa shape index (κ2) is 8.03. The minimum Gasteiger partial charge on any atom is -0.379 e. The number of hydrogen-bond donors (Lipinski definition) is 2. The summed E-state index contributed by atoms with van der Waals surface area (Å²) < 4.78 is 0. The molecule has 0 aliphatic carbocycles. The van der Waals surface area contributed by atoms with Crippen LogP contribution in [-0.2, 0) is 12.1 Å². The average molecular weight is 372 g/mol. The van der Waals surface area contributed by atoms with Crippen molar-refractivity contribution < 1.29 is 5.11 Å². The van der Waals surface area contributed by atoms with Crippen LogP contribution in [-0.4, -0.2) is 11.7 Å². The molecule has 3 rings (SSSR count). The van der Waals surface area contributed by atoms with Crippen molar-refractivity contribution in [2.45, 2.75) is 12.1 Å². The molecule has 128 valence electrons. The highest BCUT2D eigenvalue weighted by Crippen LogP contribution is 2.30. The summed E-state index contributed by atoms with van der Waals surface area (Å²) in [6, 6.07) is 24.6. The van der Waals surface area contributed by atoms with Crippen molar-refractivity contribution in [1.82, 2.24) is 5.32 Å². The molecule has 0 spiro atoms. The van der Waals surface area contributed by atoms with Gasteiger partial charge >= 0.3 is 0 Å². The van der Waals surface area contributed by atoms with E-state index < -0.39 is 5.60 Å². The lowest BCUT2D eigenvalue weighted by molar-refractivity contribution is 0.0796. The Morgan fingerprint density at radius 1 is 0.720 bits per heavy atom. The van der Waals surface area contributed by atoms with E-state index in [2.05, 4.69) is 5.32 Å². The molecule has 2 nitrogen and oxygen atoms in total. The van der Waals surface area contributed by atoms with Crippen LogP contribution in [0.3, 0.4) is 0 Å². The largest absolute Gasteiger partial charge is 0.379 e. The average Bonchev–Trinajstić information content (AvgIpc) is 2.64. The van der Waals surface area contributed by atoms with Gasteiger partial charge in [0.05, 0.1) is 0 Å². The molecule has 0 radical (unpaired) electrons. The summed E-state index contributed by atoms with van der Waals surface area (Å²) in [4.78, 5) is 0. The van der Waals surface area contributed by atoms with Crippen molar-refractivity contribution in [1.29, 1.82) is 0 Å². The van der Waals surface area contributed by atoms with Gasteiger partial charge in [-0.25, -0.2) is 0 Å². The summed E-state index contributed by atoms with van der Waals surface area (Å²) in [5, 5.41) is 16.1. The van der Waals surface area contributed by atoms with E-state index in [1.54, 1.807) is 12.1 Å². The lowest BCUT2D eigenvalue weighted by Crippen LogP contribution is -2.39. The van der Waals surface area contributed by atoms with E-state index in [0.717, 1.165) is 16.7 Å². The summed E-state index contributed by atoms with van der Waals surface area (Å²) >= 11 is 11.9. The Hall–Kier alpha value is -1.84. The maximum atomic E-state index is 11.4. The molecule has 0 amide bonds. The van der Waals surface area contributed by atoms with Crippen LogP contribution in [0.5, 0.6) is 0 Å². The lowest BCUT2D eigenvalue weighted by Gasteiger charge is -2.30. The van der Waals surface area contributed by atoms with Crippen LogP contribution in [0.15, 0.2) is 78.9 Å². The third kappa shape index (κ3) is 4.42. The Bertz CT molecular complexity index is 804. The second-order valence-corrected chi connectivity index (χ2v) is 6.84. The van der Waals surface area contributed by atoms with E-state index in [9.17, 15) is 5.11 Å². The molecule has 0 heterocycles. The first-order chi connectivity index (χ1) is 12.1. The number of rotatable bonds is 6. The molecule has 0 unspecified atom stereocenters. The molecule has 0 saturated carbocycles. The van der Waals surface area contributed by atoms with Gasteiger partial charge in [0, 0.05) is 23.1 Å². The smallest absolute Gasteiger partial charge is 0.127 e. The highest BCUT2D eigenvalue weighted by molar-refractivity contribution is 6.30. The van der Waals surface area contributed by atoms with Gasteiger partial charge in [-0.2, -0.15) is 0 Å². The van der Waals surface area contributed by atoms with E-state index in [-0.39, 0.29) is 0 Å². The van der Waals surface area contributed by atoms with Crippen molar-refractivity contribution in [3.8, 4) is 0 Å². The fourth-order valence-corrected chi connectivity index (χ4v) is 3.05. The molecule has 1 atom stereocenters. The van der Waals surface area contributed by atoms with Crippen molar-refractivity contribution in [2.75, 3.05) is 6.54 Å². The van der Waals surface area contributed by atoms with E-state index >= 15 is 0 Å². The first kappa shape index (κ1) is 18.0. The second-order valence-electron chi connectivity index (χ2n) is 5.96. The van der Waals surface area contributed by atoms with Gasteiger partial charge in [0.1, 0.15) is 5.60 Å². The van der Waals surface area contributed by atoms with Crippen molar-refractivity contribution in [3.05, 3.63) is 106 Å². The summed E-state index contributed by atoms with van der Waals surface area (Å²) in [5.41, 5.74) is 1.60. The molecule has 0 aromatic heterocycles. The first-order valence-electron chi connectivity index (χ1n) is 8.07. The van der Waals surface area contributed by atoms with Crippen LogP contribution in [0.1, 0.15) is 16.7 Å². The van der Waals surface area contributed by atoms with Crippen LogP contribution < -0.4 is 5.32 Å². The summed E-state index contributed by atoms with van der Waals surface area (Å²) in [5.74, 6) is 0. The van der Waals surface area contributed by atoms with Gasteiger partial charge in [-0.15, -0.1) is 0 Å². The minimum absolute atomic E-state index is 0.376. The molecular formula is C21H19Cl2NO. The Labute approximate surface area is 158 Å². The molecule has 0 saturated heterocycles. The fourth-order valence-electron chi connectivity index (χ4n) is 2.80. The van der Waals surface area contributed by atoms with Crippen LogP contribution in [0.2, 0.25) is 10.0 Å². The SMILES string of the molecule is O[C@](CNCc1ccc(Cl)cc1)(c1ccccc1)c1ccc(Cl)cc1. The molecule has 0 fully saturated rings. The van der Waals surface area contributed by atoms with Crippen molar-refractivity contribution in [3.63, 3.8) is 0 Å². The zero-order chi connectivity index (χ0) is 17.7. The van der Waals surface area contributed by atoms with E-state index in [4.69, 9.17) is 23.2 Å². The fraction of sp³-hybridized carbons (Fsp3) is 0.143. The predicted octanol–water partition coefficient (Wildman–Crippen LogP) is 5.02. The van der Waals surface area contributed by atoms with Gasteiger partial charge < -0.3 is 10.4 Å². The lowest BCUT2D eigenvalue weighted by atomic mass is 9.86. The Morgan fingerprint density at radius 2 is 1.24 bits per heavy atom. The van der Waals surface area contributed by atoms with Crippen LogP contribution in [0, 0.1) is 0 Å². The Kier molecular flexibility index (Phi) is 5.77. The maximum Gasteiger partial charge on any atom is 0.127 e. The molecule has 25 heavy (non-hydrogen) atoms. The number of aliphatic hydroxyl groups is 1. The van der Waals surface area contributed by atoms with Gasteiger partial charge in [0.2, 0.25) is 0 Å². The molecule has 2 N–H and O–H groups in total. The first-order valence-corrected chi connectivity index (χ1v) is 8.83. The highest BCUT2D eigenvalue weighted by atomic mass is 35.5. The monoisotopic (exact) mass is 371 g/mol. The highest BCUT2D eigenvalue weighted by Gasteiger charge is 2.31. The van der Waals surface area contributed by atoms with Gasteiger partial charge in [-0.1, -0.05) is 77.8 Å². The van der Waals surface area contributed by atoms with Crippen LogP contribution >= 0.6 is 23.2 Å². The van der Waals surface area contributed by atoms with Gasteiger partial charge in [-0.3, -0.25) is 0 Å². The summed E-state index contributed by atoms with van der Waals surface area (Å²) in [6.07, 6.45) is 0. The maximum absolute atomic E-state index is 11.4. The van der Waals surface area contributed by atoms with Crippen molar-refractivity contribution in [2.24, 2.45) is 0 Å². The third-order valence-corrected chi connectivity index (χ3v) is 4.70. The topological polar surface area (TPSA) is 32.3 Å². The van der Waals surface area contributed by atoms with Gasteiger partial charge in [0.25, 0.3) is 0 Å². The standard InChI is InChI=1S/C21H19Cl2NO/c22-19-10-6-16(7-11-19)14-24-15-21(25,17-4-2-1-3-5-17)18-8-12-20(23)13-9-18/h1-13,24-25H,14-15H2/t21-/m1/s1. The molecular weight excluding hydrogens is 353 g/mol. The normalized spacial score (nSPS) is 13.4. The van der Waals surface area contributed by atoms with Crippen LogP contribution in [0.25, 0.3) is 0 Å². The predicted molar refractivity (Wildman–Crippen MR) is 104 cm³/mol. The molecule has 3 aromatic rings. The number of benzene rings is 3. The minimum atomic E-state index is -1.14. The molecule has 4 heteroatoms. The Morgan fingerprint density at radius 3 is 1.84 bits per heavy atom. The zero-order valence-electron chi connectivity index (χ0n) is 13.6. The van der Waals surface area contributed by atoms with Crippen molar-refractivity contribution >= 4 is 23.2 Å². The number of halogens is 2. The van der Waals surface area contributed by atoms with E-state index in [1.165, 1.54) is 0 Å². The quantitative estimate of drug-likeness (QED) is 0.637. The van der Waals surface area contributed by atoms with E-state index in [0.29, 0.717) is 23.1 Å². The summed E-state index contributed by atoms with van der Waals surface area (Å²) in [7, 11) is 0. The van der Waals surface area contributed by atoms with Gasteiger partial charge in [0.15, 0.2) is 0 Å². The molecule has 3 aromatic carbocycles. The van der Waals surface area contributed by atoms with E-state index in [1.807, 2.05) is 66.7 Å². The number of nitrogens with one attached hydrogen (secondary N) is 1. The molecule has 0 aliphatic rings. The number of hydrogen-bond acceptors (Lipinski definition) is 2. The third-order valence-electron chi connectivity index (χ3n) is 4.20. The molecule has 0 aliphatic heterocycles. The van der Waals surface area contributed by atoms with Gasteiger partial charge in [-0.05, 0) is 41.0 Å². The Balaban J connectivity index is 1.81. The summed E-state index contributed by atoms with van der Waals surface area (Å²) in [6.45, 7) is 1.02. The zero-order valence-corrected chi connectivity index (χ0v) is 15.1.